The Morgan fingerprint density at radius 1 is 1.22 bits per heavy atom. The average Bonchev–Trinajstić information content (AvgIpc) is 2.66. The fourth-order valence-electron chi connectivity index (χ4n) is 3.73. The summed E-state index contributed by atoms with van der Waals surface area (Å²) in [5, 5.41) is 7.09. The first-order chi connectivity index (χ1) is 12.9. The van der Waals surface area contributed by atoms with E-state index in [1.54, 1.807) is 4.90 Å². The molecule has 2 atom stereocenters. The van der Waals surface area contributed by atoms with Gasteiger partial charge in [-0.05, 0) is 32.6 Å². The van der Waals surface area contributed by atoms with Crippen LogP contribution < -0.4 is 10.6 Å². The van der Waals surface area contributed by atoms with E-state index in [0.717, 1.165) is 51.3 Å². The number of ether oxygens (including phenoxy) is 2. The first-order valence-electron chi connectivity index (χ1n) is 10.5. The molecule has 0 aromatic rings. The molecule has 1 amide bonds. The molecule has 7 nitrogen and oxygen atoms in total. The number of carbonyl (C=O) groups excluding carboxylic acids is 1. The lowest BCUT2D eigenvalue weighted by Gasteiger charge is -2.52. The number of rotatable bonds is 7. The van der Waals surface area contributed by atoms with Gasteiger partial charge in [0.25, 0.3) is 0 Å². The lowest BCUT2D eigenvalue weighted by Crippen LogP contribution is -2.64. The standard InChI is InChI=1S/C20H38N4O3/c1-6-8-13-27-17-14-16(20(17,3)4)23-18(21-5)22-15-9-11-24(12-10-15)19(25)26-7-2/h15-17H,6-14H2,1-5H3,(H2,21,22,23). The number of amides is 1. The molecule has 7 heteroatoms. The minimum absolute atomic E-state index is 0.0959. The molecular weight excluding hydrogens is 344 g/mol. The Morgan fingerprint density at radius 2 is 1.93 bits per heavy atom. The summed E-state index contributed by atoms with van der Waals surface area (Å²) in [5.74, 6) is 0.842. The zero-order valence-electron chi connectivity index (χ0n) is 17.7. The van der Waals surface area contributed by atoms with E-state index < -0.39 is 0 Å². The van der Waals surface area contributed by atoms with Gasteiger partial charge >= 0.3 is 6.09 Å². The predicted octanol–water partition coefficient (Wildman–Crippen LogP) is 2.76. The highest BCUT2D eigenvalue weighted by Gasteiger charge is 2.49. The van der Waals surface area contributed by atoms with E-state index in [-0.39, 0.29) is 11.5 Å². The van der Waals surface area contributed by atoms with Crippen molar-refractivity contribution in [1.29, 1.82) is 0 Å². The van der Waals surface area contributed by atoms with E-state index in [1.165, 1.54) is 6.42 Å². The van der Waals surface area contributed by atoms with Crippen LogP contribution >= 0.6 is 0 Å². The fourth-order valence-corrected chi connectivity index (χ4v) is 3.73. The molecule has 0 aromatic carbocycles. The number of nitrogens with zero attached hydrogens (tertiary/aromatic N) is 2. The number of piperidine rings is 1. The quantitative estimate of drug-likeness (QED) is 0.402. The van der Waals surface area contributed by atoms with E-state index in [2.05, 4.69) is 36.4 Å². The third-order valence-electron chi connectivity index (χ3n) is 5.89. The van der Waals surface area contributed by atoms with Gasteiger partial charge in [0, 0.05) is 44.2 Å². The number of hydrogen-bond donors (Lipinski definition) is 2. The van der Waals surface area contributed by atoms with Gasteiger partial charge in [-0.1, -0.05) is 27.2 Å². The number of carbonyl (C=O) groups is 1. The van der Waals surface area contributed by atoms with Crippen molar-refractivity contribution in [3.8, 4) is 0 Å². The molecule has 2 unspecified atom stereocenters. The minimum Gasteiger partial charge on any atom is -0.450 e. The van der Waals surface area contributed by atoms with Crippen LogP contribution in [0.15, 0.2) is 4.99 Å². The summed E-state index contributed by atoms with van der Waals surface area (Å²) in [7, 11) is 1.81. The molecule has 2 N–H and O–H groups in total. The van der Waals surface area contributed by atoms with Gasteiger partial charge in [0.05, 0.1) is 12.7 Å². The Labute approximate surface area is 164 Å². The Hall–Kier alpha value is -1.50. The summed E-state index contributed by atoms with van der Waals surface area (Å²) in [6.45, 7) is 11.3. The molecule has 156 valence electrons. The van der Waals surface area contributed by atoms with Crippen molar-refractivity contribution >= 4 is 12.1 Å². The molecule has 2 aliphatic rings. The third kappa shape index (κ3) is 5.74. The lowest BCUT2D eigenvalue weighted by molar-refractivity contribution is -0.113. The van der Waals surface area contributed by atoms with Crippen molar-refractivity contribution in [2.75, 3.05) is 33.4 Å². The second-order valence-corrected chi connectivity index (χ2v) is 8.14. The second kappa shape index (κ2) is 10.2. The largest absolute Gasteiger partial charge is 0.450 e. The third-order valence-corrected chi connectivity index (χ3v) is 5.89. The van der Waals surface area contributed by atoms with Crippen LogP contribution in [0.1, 0.15) is 59.8 Å². The summed E-state index contributed by atoms with van der Waals surface area (Å²) < 4.78 is 11.1. The van der Waals surface area contributed by atoms with Crippen molar-refractivity contribution < 1.29 is 14.3 Å². The topological polar surface area (TPSA) is 75.2 Å². The number of guanidine groups is 1. The van der Waals surface area contributed by atoms with Crippen LogP contribution in [0.25, 0.3) is 0 Å². The first kappa shape index (κ1) is 21.8. The molecule has 0 bridgehead atoms. The Balaban J connectivity index is 1.75. The highest BCUT2D eigenvalue weighted by molar-refractivity contribution is 5.80. The Bertz CT molecular complexity index is 501. The maximum Gasteiger partial charge on any atom is 0.409 e. The van der Waals surface area contributed by atoms with Gasteiger partial charge in [0.15, 0.2) is 5.96 Å². The van der Waals surface area contributed by atoms with Gasteiger partial charge in [0.2, 0.25) is 0 Å². The van der Waals surface area contributed by atoms with Crippen LogP contribution in [-0.2, 0) is 9.47 Å². The van der Waals surface area contributed by atoms with Crippen LogP contribution in [0.5, 0.6) is 0 Å². The normalized spacial score (nSPS) is 25.7. The second-order valence-electron chi connectivity index (χ2n) is 8.14. The number of unbranched alkanes of at least 4 members (excludes halogenated alkanes) is 1. The van der Waals surface area contributed by atoms with Crippen LogP contribution in [0.2, 0.25) is 0 Å². The SMILES string of the molecule is CCCCOC1CC(NC(=NC)NC2CCN(C(=O)OCC)CC2)C1(C)C. The van der Waals surface area contributed by atoms with Gasteiger partial charge in [-0.25, -0.2) is 4.79 Å². The number of likely N-dealkylation sites (tertiary alicyclic amines) is 1. The van der Waals surface area contributed by atoms with E-state index in [1.807, 2.05) is 14.0 Å². The predicted molar refractivity (Wildman–Crippen MR) is 108 cm³/mol. The fraction of sp³-hybridized carbons (Fsp3) is 0.900. The number of aliphatic imine (C=N–C) groups is 1. The van der Waals surface area contributed by atoms with E-state index in [4.69, 9.17) is 9.47 Å². The Kier molecular flexibility index (Phi) is 8.20. The molecular formula is C20H38N4O3. The van der Waals surface area contributed by atoms with Crippen molar-refractivity contribution in [1.82, 2.24) is 15.5 Å². The van der Waals surface area contributed by atoms with Crippen molar-refractivity contribution in [2.24, 2.45) is 10.4 Å². The maximum atomic E-state index is 11.8. The zero-order valence-corrected chi connectivity index (χ0v) is 17.7. The highest BCUT2D eigenvalue weighted by atomic mass is 16.6. The Morgan fingerprint density at radius 3 is 2.48 bits per heavy atom. The summed E-state index contributed by atoms with van der Waals surface area (Å²) in [4.78, 5) is 18.0. The van der Waals surface area contributed by atoms with Crippen molar-refractivity contribution in [2.45, 2.75) is 78.0 Å². The summed E-state index contributed by atoms with van der Waals surface area (Å²) in [6, 6.07) is 0.677. The molecule has 1 heterocycles. The van der Waals surface area contributed by atoms with E-state index >= 15 is 0 Å². The average molecular weight is 383 g/mol. The summed E-state index contributed by atoms with van der Waals surface area (Å²) in [6.07, 6.45) is 5.21. The van der Waals surface area contributed by atoms with Gasteiger partial charge in [-0.15, -0.1) is 0 Å². The van der Waals surface area contributed by atoms with Gasteiger partial charge < -0.3 is 25.0 Å². The molecule has 0 radical (unpaired) electrons. The lowest BCUT2D eigenvalue weighted by atomic mass is 9.64. The highest BCUT2D eigenvalue weighted by Crippen LogP contribution is 2.42. The summed E-state index contributed by atoms with van der Waals surface area (Å²) >= 11 is 0. The minimum atomic E-state index is -0.205. The smallest absolute Gasteiger partial charge is 0.409 e. The maximum absolute atomic E-state index is 11.8. The molecule has 0 spiro atoms. The van der Waals surface area contributed by atoms with Crippen molar-refractivity contribution in [3.05, 3.63) is 0 Å². The van der Waals surface area contributed by atoms with Gasteiger partial charge in [-0.3, -0.25) is 4.99 Å². The number of nitrogens with one attached hydrogen (secondary N) is 2. The van der Waals surface area contributed by atoms with Crippen LogP contribution in [0.3, 0.4) is 0 Å². The molecule has 1 aliphatic carbocycles. The van der Waals surface area contributed by atoms with Gasteiger partial charge in [0.1, 0.15) is 0 Å². The summed E-state index contributed by atoms with van der Waals surface area (Å²) in [5.41, 5.74) is 0.0959. The van der Waals surface area contributed by atoms with E-state index in [9.17, 15) is 4.79 Å². The number of hydrogen-bond acceptors (Lipinski definition) is 4. The molecule has 1 aliphatic heterocycles. The molecule has 0 aromatic heterocycles. The molecule has 1 saturated heterocycles. The molecule has 1 saturated carbocycles. The molecule has 2 rings (SSSR count). The zero-order chi connectivity index (χ0) is 19.9. The van der Waals surface area contributed by atoms with E-state index in [0.29, 0.717) is 24.8 Å². The van der Waals surface area contributed by atoms with Crippen LogP contribution in [-0.4, -0.2) is 68.5 Å². The van der Waals surface area contributed by atoms with Crippen LogP contribution in [0, 0.1) is 5.41 Å². The van der Waals surface area contributed by atoms with Gasteiger partial charge in [-0.2, -0.15) is 0 Å². The van der Waals surface area contributed by atoms with Crippen LogP contribution in [0.4, 0.5) is 4.79 Å². The molecule has 27 heavy (non-hydrogen) atoms. The first-order valence-corrected chi connectivity index (χ1v) is 10.5. The molecule has 2 fully saturated rings. The monoisotopic (exact) mass is 382 g/mol. The van der Waals surface area contributed by atoms with Crippen molar-refractivity contribution in [3.63, 3.8) is 0 Å².